The van der Waals surface area contributed by atoms with Gasteiger partial charge in [0.05, 0.1) is 24.4 Å². The summed E-state index contributed by atoms with van der Waals surface area (Å²) < 4.78 is 22.9. The second-order valence-corrected chi connectivity index (χ2v) is 14.7. The molecule has 2 N–H and O–H groups in total. The predicted octanol–water partition coefficient (Wildman–Crippen LogP) is 5.43. The summed E-state index contributed by atoms with van der Waals surface area (Å²) in [6.07, 6.45) is 6.33. The van der Waals surface area contributed by atoms with Crippen molar-refractivity contribution in [2.75, 3.05) is 50.1 Å². The number of carbonyl (C=O) groups is 3. The van der Waals surface area contributed by atoms with E-state index in [0.717, 1.165) is 74.4 Å². The second-order valence-electron chi connectivity index (χ2n) is 14.3. The first-order chi connectivity index (χ1) is 24.4. The Bertz CT molecular complexity index is 1880. The Kier molecular flexibility index (Phi) is 11.2. The Morgan fingerprint density at radius 2 is 1.73 bits per heavy atom. The number of ketones is 1. The van der Waals surface area contributed by atoms with Crippen LogP contribution in [-0.4, -0.2) is 72.9 Å². The normalized spacial score (nSPS) is 19.3. The number of imide groups is 1. The van der Waals surface area contributed by atoms with Gasteiger partial charge in [-0.25, -0.2) is 4.39 Å². The van der Waals surface area contributed by atoms with Gasteiger partial charge in [0.15, 0.2) is 0 Å². The summed E-state index contributed by atoms with van der Waals surface area (Å²) in [5.41, 5.74) is 5.09. The SMILES string of the molecule is COc1cc(-c2cn(C)c(=O)c(C)c2C)cc(F)c1CC1CCN(CC(=O)C2CCN(c3ccc(NC4CCC(=O)NC4=O)cc3Cl)CC2)CC1. The Morgan fingerprint density at radius 3 is 2.39 bits per heavy atom. The van der Waals surface area contributed by atoms with Crippen LogP contribution in [0.5, 0.6) is 5.75 Å². The molecular weight excluding hydrogens is 673 g/mol. The van der Waals surface area contributed by atoms with Gasteiger partial charge in [-0.1, -0.05) is 11.6 Å². The number of piperidine rings is 3. The molecule has 0 aliphatic carbocycles. The molecule has 51 heavy (non-hydrogen) atoms. The van der Waals surface area contributed by atoms with Gasteiger partial charge in [0.25, 0.3) is 5.56 Å². The minimum Gasteiger partial charge on any atom is -0.496 e. The minimum atomic E-state index is -0.476. The molecule has 2 amide bonds. The summed E-state index contributed by atoms with van der Waals surface area (Å²) in [6, 6.07) is 8.58. The van der Waals surface area contributed by atoms with Gasteiger partial charge in [-0.2, -0.15) is 0 Å². The molecule has 0 saturated carbocycles. The summed E-state index contributed by atoms with van der Waals surface area (Å²) in [6.45, 7) is 7.15. The molecule has 3 aliphatic rings. The van der Waals surface area contributed by atoms with E-state index in [-0.39, 0.29) is 40.8 Å². The summed E-state index contributed by atoms with van der Waals surface area (Å²) >= 11 is 6.66. The van der Waals surface area contributed by atoms with E-state index in [0.29, 0.717) is 53.3 Å². The third-order valence-electron chi connectivity index (χ3n) is 11.0. The number of methoxy groups -OCH3 is 1. The zero-order chi connectivity index (χ0) is 36.4. The number of halogens is 2. The molecule has 272 valence electrons. The highest BCUT2D eigenvalue weighted by molar-refractivity contribution is 6.33. The van der Waals surface area contributed by atoms with Crippen molar-refractivity contribution in [1.29, 1.82) is 0 Å². The number of amides is 2. The number of benzene rings is 2. The Morgan fingerprint density at radius 1 is 1.00 bits per heavy atom. The first-order valence-corrected chi connectivity index (χ1v) is 18.2. The largest absolute Gasteiger partial charge is 0.496 e. The van der Waals surface area contributed by atoms with E-state index in [4.69, 9.17) is 16.3 Å². The zero-order valence-electron chi connectivity index (χ0n) is 29.8. The van der Waals surface area contributed by atoms with E-state index in [1.54, 1.807) is 39.4 Å². The van der Waals surface area contributed by atoms with Crippen molar-refractivity contribution >= 4 is 40.6 Å². The number of anilines is 2. The van der Waals surface area contributed by atoms with Crippen LogP contribution in [0, 0.1) is 31.5 Å². The number of carbonyl (C=O) groups excluding carboxylic acids is 3. The predicted molar refractivity (Wildman–Crippen MR) is 197 cm³/mol. The van der Waals surface area contributed by atoms with Crippen molar-refractivity contribution in [3.05, 3.63) is 74.4 Å². The molecule has 1 atom stereocenters. The Hall–Kier alpha value is -4.22. The molecule has 10 nitrogen and oxygen atoms in total. The van der Waals surface area contributed by atoms with E-state index >= 15 is 4.39 Å². The quantitative estimate of drug-likeness (QED) is 0.267. The highest BCUT2D eigenvalue weighted by Crippen LogP contribution is 2.36. The lowest BCUT2D eigenvalue weighted by Gasteiger charge is -2.36. The van der Waals surface area contributed by atoms with Crippen molar-refractivity contribution in [3.63, 3.8) is 0 Å². The molecule has 3 aromatic rings. The molecule has 3 fully saturated rings. The fourth-order valence-corrected chi connectivity index (χ4v) is 8.03. The number of likely N-dealkylation sites (tertiary alicyclic amines) is 1. The molecule has 1 unspecified atom stereocenters. The average Bonchev–Trinajstić information content (AvgIpc) is 3.11. The second kappa shape index (κ2) is 15.6. The zero-order valence-corrected chi connectivity index (χ0v) is 30.6. The van der Waals surface area contributed by atoms with Gasteiger partial charge in [-0.05, 0) is 113 Å². The van der Waals surface area contributed by atoms with Gasteiger partial charge in [-0.15, -0.1) is 0 Å². The third-order valence-corrected chi connectivity index (χ3v) is 11.3. The monoisotopic (exact) mass is 719 g/mol. The van der Waals surface area contributed by atoms with Gasteiger partial charge in [0.2, 0.25) is 11.8 Å². The number of hydrogen-bond donors (Lipinski definition) is 2. The maximum absolute atomic E-state index is 15.7. The van der Waals surface area contributed by atoms with E-state index in [2.05, 4.69) is 20.4 Å². The van der Waals surface area contributed by atoms with E-state index in [9.17, 15) is 19.2 Å². The molecule has 0 radical (unpaired) electrons. The number of ether oxygens (including phenoxy) is 1. The fourth-order valence-electron chi connectivity index (χ4n) is 7.73. The van der Waals surface area contributed by atoms with Crippen LogP contribution in [0.15, 0.2) is 41.3 Å². The van der Waals surface area contributed by atoms with Gasteiger partial charge < -0.3 is 19.5 Å². The van der Waals surface area contributed by atoms with Crippen LogP contribution >= 0.6 is 11.6 Å². The van der Waals surface area contributed by atoms with Crippen LogP contribution in [0.4, 0.5) is 15.8 Å². The lowest BCUT2D eigenvalue weighted by Crippen LogP contribution is -2.47. The van der Waals surface area contributed by atoms with Crippen molar-refractivity contribution in [2.45, 2.75) is 64.8 Å². The van der Waals surface area contributed by atoms with E-state index in [1.165, 1.54) is 4.57 Å². The van der Waals surface area contributed by atoms with Crippen molar-refractivity contribution in [3.8, 4) is 16.9 Å². The number of pyridine rings is 1. The number of nitrogens with zero attached hydrogens (tertiary/aromatic N) is 3. The number of rotatable bonds is 10. The molecule has 6 rings (SSSR count). The Labute approximate surface area is 303 Å². The van der Waals surface area contributed by atoms with Crippen LogP contribution < -0.4 is 25.8 Å². The van der Waals surface area contributed by atoms with Gasteiger partial charge >= 0.3 is 0 Å². The fraction of sp³-hybridized carbons (Fsp3) is 0.487. The number of aryl methyl sites for hydroxylation is 1. The van der Waals surface area contributed by atoms with Crippen molar-refractivity contribution < 1.29 is 23.5 Å². The first-order valence-electron chi connectivity index (χ1n) is 17.8. The van der Waals surface area contributed by atoms with E-state index in [1.807, 2.05) is 25.1 Å². The molecule has 1 aromatic heterocycles. The van der Waals surface area contributed by atoms with Crippen LogP contribution in [0.1, 0.15) is 55.2 Å². The number of Topliss-reactive ketones (excluding diaryl/α,β-unsaturated/α-hetero) is 1. The van der Waals surface area contributed by atoms with Crippen LogP contribution in [-0.2, 0) is 27.9 Å². The van der Waals surface area contributed by atoms with Gasteiger partial charge in [0, 0.05) is 61.1 Å². The molecule has 12 heteroatoms. The van der Waals surface area contributed by atoms with E-state index < -0.39 is 6.04 Å². The molecule has 2 aromatic carbocycles. The van der Waals surface area contributed by atoms with Crippen LogP contribution in [0.2, 0.25) is 5.02 Å². The molecule has 3 aliphatic heterocycles. The molecule has 3 saturated heterocycles. The lowest BCUT2D eigenvalue weighted by atomic mass is 9.87. The first kappa shape index (κ1) is 36.6. The smallest absolute Gasteiger partial charge is 0.253 e. The minimum absolute atomic E-state index is 0.00235. The molecule has 0 spiro atoms. The molecule has 4 heterocycles. The topological polar surface area (TPSA) is 113 Å². The van der Waals surface area contributed by atoms with Crippen molar-refractivity contribution in [2.24, 2.45) is 18.9 Å². The standard InChI is InChI=1S/C39H47ClFN5O5/c1-23-24(2)39(50)44(3)21-30(23)27-18-32(41)29(36(19-27)51-4)17-25-9-13-45(14-10-25)22-35(47)26-11-15-46(16-12-26)34-7-5-28(20-31(34)40)42-33-6-8-37(48)43-38(33)49/h5,7,18-21,25-26,33,42H,6,8-17,22H2,1-4H3,(H,43,48,49). The van der Waals surface area contributed by atoms with Gasteiger partial charge in [0.1, 0.15) is 23.4 Å². The van der Waals surface area contributed by atoms with Crippen LogP contribution in [0.25, 0.3) is 11.1 Å². The van der Waals surface area contributed by atoms with Crippen LogP contribution in [0.3, 0.4) is 0 Å². The highest BCUT2D eigenvalue weighted by atomic mass is 35.5. The lowest BCUT2D eigenvalue weighted by molar-refractivity contribution is -0.133. The highest BCUT2D eigenvalue weighted by Gasteiger charge is 2.30. The number of nitrogens with one attached hydrogen (secondary N) is 2. The van der Waals surface area contributed by atoms with Crippen molar-refractivity contribution in [1.82, 2.24) is 14.8 Å². The Balaban J connectivity index is 0.981. The summed E-state index contributed by atoms with van der Waals surface area (Å²) in [5, 5.41) is 6.10. The molecule has 0 bridgehead atoms. The summed E-state index contributed by atoms with van der Waals surface area (Å²) in [5.74, 6) is 0.188. The summed E-state index contributed by atoms with van der Waals surface area (Å²) in [4.78, 5) is 53.7. The maximum atomic E-state index is 15.7. The number of hydrogen-bond acceptors (Lipinski definition) is 8. The van der Waals surface area contributed by atoms with Gasteiger partial charge in [-0.3, -0.25) is 29.4 Å². The summed E-state index contributed by atoms with van der Waals surface area (Å²) in [7, 11) is 3.27. The third kappa shape index (κ3) is 8.15. The molecular formula is C39H47ClFN5O5. The average molecular weight is 720 g/mol. The maximum Gasteiger partial charge on any atom is 0.253 e. The number of aromatic nitrogens is 1.